The number of hydrogen-bond acceptors (Lipinski definition) is 4. The van der Waals surface area contributed by atoms with Crippen LogP contribution in [0.2, 0.25) is 0 Å². The normalized spacial score (nSPS) is 17.7. The largest absolute Gasteiger partial charge is 0.416 e. The number of carbonyl (C=O) groups excluding carboxylic acids is 1. The number of benzene rings is 1. The van der Waals surface area contributed by atoms with E-state index in [4.69, 9.17) is 0 Å². The van der Waals surface area contributed by atoms with Gasteiger partial charge in [0.25, 0.3) is 5.91 Å². The molecule has 1 aromatic carbocycles. The van der Waals surface area contributed by atoms with Gasteiger partial charge in [-0.2, -0.15) is 18.3 Å². The van der Waals surface area contributed by atoms with Crippen molar-refractivity contribution in [2.45, 2.75) is 32.2 Å². The number of anilines is 1. The highest BCUT2D eigenvalue weighted by Crippen LogP contribution is 2.35. The fourth-order valence-corrected chi connectivity index (χ4v) is 3.64. The zero-order chi connectivity index (χ0) is 21.6. The van der Waals surface area contributed by atoms with Crippen LogP contribution in [0.5, 0.6) is 0 Å². The average Bonchev–Trinajstić information content (AvgIpc) is 3.13. The number of carbonyl (C=O) groups is 1. The molecule has 3 heterocycles. The molecule has 1 N–H and O–H groups in total. The lowest BCUT2D eigenvalue weighted by atomic mass is 10.0. The van der Waals surface area contributed by atoms with Gasteiger partial charge in [0, 0.05) is 23.1 Å². The minimum Gasteiger partial charge on any atom is -0.391 e. The smallest absolute Gasteiger partial charge is 0.391 e. The third kappa shape index (κ3) is 3.45. The van der Waals surface area contributed by atoms with Gasteiger partial charge >= 0.3 is 6.18 Å². The molecular formula is C21H19F3N4O2. The molecule has 3 aromatic rings. The fraction of sp³-hybridized carbons (Fsp3) is 0.286. The van der Waals surface area contributed by atoms with Crippen molar-refractivity contribution in [1.29, 1.82) is 0 Å². The highest BCUT2D eigenvalue weighted by molar-refractivity contribution is 6.09. The van der Waals surface area contributed by atoms with E-state index in [1.165, 1.54) is 21.7 Å². The topological polar surface area (TPSA) is 71.2 Å². The average molecular weight is 416 g/mol. The summed E-state index contributed by atoms with van der Waals surface area (Å²) >= 11 is 0. The molecule has 9 heteroatoms. The van der Waals surface area contributed by atoms with Gasteiger partial charge in [0.15, 0.2) is 0 Å². The lowest BCUT2D eigenvalue weighted by Gasteiger charge is -2.35. The van der Waals surface area contributed by atoms with Crippen molar-refractivity contribution in [3.05, 3.63) is 65.7 Å². The first-order chi connectivity index (χ1) is 14.2. The van der Waals surface area contributed by atoms with Crippen LogP contribution in [-0.2, 0) is 6.18 Å². The molecule has 0 fully saturated rings. The minimum absolute atomic E-state index is 0.0886. The summed E-state index contributed by atoms with van der Waals surface area (Å²) in [6.07, 6.45) is -2.10. The molecule has 0 radical (unpaired) electrons. The van der Waals surface area contributed by atoms with E-state index < -0.39 is 29.8 Å². The number of amides is 1. The van der Waals surface area contributed by atoms with Crippen LogP contribution in [0, 0.1) is 6.92 Å². The lowest BCUT2D eigenvalue weighted by molar-refractivity contribution is -0.137. The number of aliphatic hydroxyl groups excluding tert-OH is 1. The van der Waals surface area contributed by atoms with E-state index in [9.17, 15) is 23.1 Å². The Morgan fingerprint density at radius 3 is 2.50 bits per heavy atom. The molecule has 0 spiro atoms. The van der Waals surface area contributed by atoms with Gasteiger partial charge in [-0.3, -0.25) is 14.5 Å². The van der Waals surface area contributed by atoms with Gasteiger partial charge < -0.3 is 10.0 Å². The first kappa shape index (κ1) is 20.1. The number of aryl methyl sites for hydroxylation is 1. The first-order valence-corrected chi connectivity index (χ1v) is 9.34. The molecule has 0 saturated carbocycles. The molecule has 1 amide bonds. The number of rotatable bonds is 3. The third-order valence-electron chi connectivity index (χ3n) is 5.20. The van der Waals surface area contributed by atoms with Crippen LogP contribution in [0.25, 0.3) is 11.1 Å². The summed E-state index contributed by atoms with van der Waals surface area (Å²) in [5, 5.41) is 14.6. The number of alkyl halides is 3. The maximum Gasteiger partial charge on any atom is 0.416 e. The second-order valence-corrected chi connectivity index (χ2v) is 7.31. The van der Waals surface area contributed by atoms with E-state index in [0.717, 1.165) is 23.4 Å². The summed E-state index contributed by atoms with van der Waals surface area (Å²) in [4.78, 5) is 18.9. The maximum atomic E-state index is 13.4. The van der Waals surface area contributed by atoms with E-state index in [1.54, 1.807) is 25.4 Å². The van der Waals surface area contributed by atoms with Crippen molar-refractivity contribution in [3.63, 3.8) is 0 Å². The number of nitrogens with zero attached hydrogens (tertiary/aromatic N) is 4. The van der Waals surface area contributed by atoms with Crippen molar-refractivity contribution in [3.8, 4) is 11.1 Å². The monoisotopic (exact) mass is 416 g/mol. The SMILES string of the molecule is Cc1cc(-c2cnn3c2C(=O)N(c2ccc(C(F)(F)F)cc2)CC3C(C)O)ccn1. The highest BCUT2D eigenvalue weighted by atomic mass is 19.4. The molecule has 0 saturated heterocycles. The standard InChI is InChI=1S/C21H19F3N4O2/c1-12-9-14(7-8-25-12)17-10-26-28-18(13(2)29)11-27(20(30)19(17)28)16-5-3-15(4-6-16)21(22,23)24/h3-10,13,18,29H,11H2,1-2H3. The lowest BCUT2D eigenvalue weighted by Crippen LogP contribution is -2.46. The molecule has 4 rings (SSSR count). The molecule has 156 valence electrons. The molecule has 6 nitrogen and oxygen atoms in total. The Morgan fingerprint density at radius 1 is 1.20 bits per heavy atom. The fourth-order valence-electron chi connectivity index (χ4n) is 3.64. The molecule has 2 atom stereocenters. The second kappa shape index (κ2) is 7.24. The van der Waals surface area contributed by atoms with Crippen molar-refractivity contribution in [2.24, 2.45) is 0 Å². The predicted octanol–water partition coefficient (Wildman–Crippen LogP) is 3.85. The molecule has 0 aliphatic carbocycles. The van der Waals surface area contributed by atoms with Gasteiger partial charge in [-0.15, -0.1) is 0 Å². The van der Waals surface area contributed by atoms with Gasteiger partial charge in [-0.25, -0.2) is 0 Å². The van der Waals surface area contributed by atoms with Crippen molar-refractivity contribution < 1.29 is 23.1 Å². The number of aliphatic hydroxyl groups is 1. The maximum absolute atomic E-state index is 13.4. The number of fused-ring (bicyclic) bond motifs is 1. The molecule has 1 aliphatic heterocycles. The molecule has 2 unspecified atom stereocenters. The van der Waals surface area contributed by atoms with Gasteiger partial charge in [0.05, 0.1) is 30.5 Å². The molecule has 30 heavy (non-hydrogen) atoms. The number of hydrogen-bond donors (Lipinski definition) is 1. The van der Waals surface area contributed by atoms with Gasteiger partial charge in [-0.05, 0) is 55.8 Å². The Bertz CT molecular complexity index is 1090. The van der Waals surface area contributed by atoms with Crippen LogP contribution in [0.15, 0.2) is 48.8 Å². The van der Waals surface area contributed by atoms with Crippen LogP contribution < -0.4 is 4.90 Å². The quantitative estimate of drug-likeness (QED) is 0.704. The number of halogens is 3. The van der Waals surface area contributed by atoms with Gasteiger partial charge in [0.2, 0.25) is 0 Å². The van der Waals surface area contributed by atoms with E-state index in [0.29, 0.717) is 11.3 Å². The molecular weight excluding hydrogens is 397 g/mol. The van der Waals surface area contributed by atoms with E-state index >= 15 is 0 Å². The summed E-state index contributed by atoms with van der Waals surface area (Å²) in [7, 11) is 0. The summed E-state index contributed by atoms with van der Waals surface area (Å²) in [6, 6.07) is 7.45. The number of aromatic nitrogens is 3. The second-order valence-electron chi connectivity index (χ2n) is 7.31. The first-order valence-electron chi connectivity index (χ1n) is 9.34. The van der Waals surface area contributed by atoms with Crippen LogP contribution in [0.3, 0.4) is 0 Å². The van der Waals surface area contributed by atoms with E-state index in [2.05, 4.69) is 10.1 Å². The predicted molar refractivity (Wildman–Crippen MR) is 104 cm³/mol. The van der Waals surface area contributed by atoms with Gasteiger partial charge in [0.1, 0.15) is 5.69 Å². The zero-order valence-electron chi connectivity index (χ0n) is 16.3. The van der Waals surface area contributed by atoms with Crippen LogP contribution in [0.4, 0.5) is 18.9 Å². The Balaban J connectivity index is 1.80. The Kier molecular flexibility index (Phi) is 4.85. The Hall–Kier alpha value is -3.20. The Labute approximate surface area is 170 Å². The molecule has 1 aliphatic rings. The van der Waals surface area contributed by atoms with Crippen LogP contribution >= 0.6 is 0 Å². The summed E-state index contributed by atoms with van der Waals surface area (Å²) in [5.41, 5.74) is 1.90. The Morgan fingerprint density at radius 2 is 1.90 bits per heavy atom. The highest BCUT2D eigenvalue weighted by Gasteiger charge is 2.38. The zero-order valence-corrected chi connectivity index (χ0v) is 16.3. The number of pyridine rings is 1. The van der Waals surface area contributed by atoms with Crippen molar-refractivity contribution in [1.82, 2.24) is 14.8 Å². The summed E-state index contributed by atoms with van der Waals surface area (Å²) in [6.45, 7) is 3.51. The summed E-state index contributed by atoms with van der Waals surface area (Å²) in [5.74, 6) is -0.395. The molecule has 0 bridgehead atoms. The van der Waals surface area contributed by atoms with Crippen LogP contribution in [-0.4, -0.2) is 38.4 Å². The van der Waals surface area contributed by atoms with Crippen molar-refractivity contribution in [2.75, 3.05) is 11.4 Å². The van der Waals surface area contributed by atoms with E-state index in [1.807, 2.05) is 13.0 Å². The third-order valence-corrected chi connectivity index (χ3v) is 5.20. The van der Waals surface area contributed by atoms with Gasteiger partial charge in [-0.1, -0.05) is 0 Å². The van der Waals surface area contributed by atoms with Crippen molar-refractivity contribution >= 4 is 11.6 Å². The van der Waals surface area contributed by atoms with Crippen LogP contribution in [0.1, 0.15) is 34.7 Å². The minimum atomic E-state index is -4.46. The van der Waals surface area contributed by atoms with E-state index in [-0.39, 0.29) is 12.2 Å². The summed E-state index contributed by atoms with van der Waals surface area (Å²) < 4.78 is 40.2. The molecule has 2 aromatic heterocycles.